The molecule has 0 radical (unpaired) electrons. The van der Waals surface area contributed by atoms with Crippen molar-refractivity contribution in [3.63, 3.8) is 0 Å². The topological polar surface area (TPSA) is 75.2 Å². The molecule has 7 nitrogen and oxygen atoms in total. The van der Waals surface area contributed by atoms with Gasteiger partial charge in [0.2, 0.25) is 0 Å². The fourth-order valence-electron chi connectivity index (χ4n) is 3.88. The summed E-state index contributed by atoms with van der Waals surface area (Å²) in [5.74, 6) is 0.840. The van der Waals surface area contributed by atoms with E-state index < -0.39 is 5.60 Å². The first kappa shape index (κ1) is 25.7. The number of guanidine groups is 1. The number of benzene rings is 1. The lowest BCUT2D eigenvalue weighted by Crippen LogP contribution is -2.47. The highest BCUT2D eigenvalue weighted by Crippen LogP contribution is 2.34. The van der Waals surface area contributed by atoms with Crippen LogP contribution in [0.25, 0.3) is 0 Å². The molecule has 3 rings (SSSR count). The molecule has 2 N–H and O–H groups in total. The number of aliphatic imine (C=N–C) groups is 1. The molecule has 2 aliphatic heterocycles. The van der Waals surface area contributed by atoms with Crippen molar-refractivity contribution in [3.8, 4) is 0 Å². The highest BCUT2D eigenvalue weighted by atomic mass is 127. The van der Waals surface area contributed by atoms with Gasteiger partial charge in [0.1, 0.15) is 5.60 Å². The monoisotopic (exact) mass is 544 g/mol. The average molecular weight is 544 g/mol. The number of amides is 1. The Morgan fingerprint density at radius 2 is 1.90 bits per heavy atom. The molecule has 0 saturated carbocycles. The third kappa shape index (κ3) is 7.82. The zero-order valence-corrected chi connectivity index (χ0v) is 21.6. The Bertz CT molecular complexity index is 748. The summed E-state index contributed by atoms with van der Waals surface area (Å²) >= 11 is 0. The van der Waals surface area contributed by atoms with Crippen molar-refractivity contribution >= 4 is 36.0 Å². The van der Waals surface area contributed by atoms with Crippen LogP contribution in [0.15, 0.2) is 29.3 Å². The third-order valence-corrected chi connectivity index (χ3v) is 5.34. The minimum absolute atomic E-state index is 0. The summed E-state index contributed by atoms with van der Waals surface area (Å²) in [4.78, 5) is 18.5. The zero-order chi connectivity index (χ0) is 21.7. The Morgan fingerprint density at radius 3 is 2.45 bits per heavy atom. The van der Waals surface area contributed by atoms with Gasteiger partial charge in [0.15, 0.2) is 5.96 Å². The van der Waals surface area contributed by atoms with E-state index in [2.05, 4.69) is 29.7 Å². The standard InChI is InChI=1S/C23H36N4O3.HI/c1-6-24-21(26-19-13-18-11-12-20(19)29-18)25-14-16-7-9-17(10-8-16)15-27(5)22(28)30-23(2,3)4;/h7-10,18-20H,6,11-15H2,1-5H3,(H2,24,25,26);1H. The number of carbonyl (C=O) groups excluding carboxylic acids is 1. The van der Waals surface area contributed by atoms with Gasteiger partial charge >= 0.3 is 6.09 Å². The normalized spacial score (nSPS) is 22.6. The summed E-state index contributed by atoms with van der Waals surface area (Å²) in [7, 11) is 1.75. The minimum Gasteiger partial charge on any atom is -0.444 e. The fourth-order valence-corrected chi connectivity index (χ4v) is 3.88. The second-order valence-electron chi connectivity index (χ2n) is 9.21. The molecule has 31 heavy (non-hydrogen) atoms. The van der Waals surface area contributed by atoms with Crippen LogP contribution < -0.4 is 10.6 Å². The zero-order valence-electron chi connectivity index (χ0n) is 19.3. The Hall–Kier alpha value is -1.55. The van der Waals surface area contributed by atoms with E-state index in [1.807, 2.05) is 32.9 Å². The summed E-state index contributed by atoms with van der Waals surface area (Å²) in [5.41, 5.74) is 1.69. The molecule has 2 saturated heterocycles. The Balaban J connectivity index is 0.00000341. The Morgan fingerprint density at radius 1 is 1.23 bits per heavy atom. The van der Waals surface area contributed by atoms with Gasteiger partial charge in [-0.05, 0) is 58.1 Å². The molecule has 3 unspecified atom stereocenters. The Kier molecular flexibility index (Phi) is 9.42. The van der Waals surface area contributed by atoms with E-state index in [1.54, 1.807) is 11.9 Å². The van der Waals surface area contributed by atoms with E-state index in [9.17, 15) is 4.79 Å². The van der Waals surface area contributed by atoms with Crippen molar-refractivity contribution in [1.82, 2.24) is 15.5 Å². The number of hydrogen-bond acceptors (Lipinski definition) is 4. The van der Waals surface area contributed by atoms with Crippen LogP contribution >= 0.6 is 24.0 Å². The summed E-state index contributed by atoms with van der Waals surface area (Å²) in [5, 5.41) is 6.88. The lowest BCUT2D eigenvalue weighted by Gasteiger charge is -2.24. The van der Waals surface area contributed by atoms with Gasteiger partial charge in [0.05, 0.1) is 24.8 Å². The van der Waals surface area contributed by atoms with Gasteiger partial charge in [-0.25, -0.2) is 9.79 Å². The first-order valence-corrected chi connectivity index (χ1v) is 11.0. The van der Waals surface area contributed by atoms with Crippen LogP contribution in [-0.4, -0.2) is 54.4 Å². The molecule has 0 aromatic heterocycles. The van der Waals surface area contributed by atoms with Gasteiger partial charge in [0, 0.05) is 20.1 Å². The number of hydrogen-bond donors (Lipinski definition) is 2. The van der Waals surface area contributed by atoms with E-state index >= 15 is 0 Å². The van der Waals surface area contributed by atoms with Crippen LogP contribution in [-0.2, 0) is 22.6 Å². The molecule has 2 bridgehead atoms. The first-order valence-electron chi connectivity index (χ1n) is 11.0. The first-order chi connectivity index (χ1) is 14.2. The molecule has 2 heterocycles. The number of carbonyl (C=O) groups is 1. The van der Waals surface area contributed by atoms with E-state index in [-0.39, 0.29) is 30.1 Å². The molecule has 2 fully saturated rings. The molecule has 0 aliphatic carbocycles. The summed E-state index contributed by atoms with van der Waals surface area (Å²) in [6.45, 7) is 9.61. The maximum Gasteiger partial charge on any atom is 0.410 e. The van der Waals surface area contributed by atoms with Gasteiger partial charge in [-0.3, -0.25) is 0 Å². The molecule has 8 heteroatoms. The number of nitrogens with zero attached hydrogens (tertiary/aromatic N) is 2. The molecule has 1 aromatic carbocycles. The lowest BCUT2D eigenvalue weighted by atomic mass is 9.96. The van der Waals surface area contributed by atoms with Crippen molar-refractivity contribution in [2.24, 2.45) is 4.99 Å². The lowest BCUT2D eigenvalue weighted by molar-refractivity contribution is 0.0285. The largest absolute Gasteiger partial charge is 0.444 e. The van der Waals surface area contributed by atoms with Crippen molar-refractivity contribution in [2.45, 2.75) is 83.9 Å². The number of nitrogens with one attached hydrogen (secondary N) is 2. The van der Waals surface area contributed by atoms with Crippen LogP contribution in [0.3, 0.4) is 0 Å². The number of rotatable bonds is 6. The molecule has 174 valence electrons. The minimum atomic E-state index is -0.490. The van der Waals surface area contributed by atoms with Crippen LogP contribution in [0.4, 0.5) is 4.79 Å². The summed E-state index contributed by atoms with van der Waals surface area (Å²) < 4.78 is 11.3. The third-order valence-electron chi connectivity index (χ3n) is 5.34. The molecule has 1 aromatic rings. The van der Waals surface area contributed by atoms with Crippen LogP contribution in [0, 0.1) is 0 Å². The number of halogens is 1. The number of fused-ring (bicyclic) bond motifs is 2. The molecular weight excluding hydrogens is 507 g/mol. The van der Waals surface area contributed by atoms with E-state index in [4.69, 9.17) is 14.5 Å². The van der Waals surface area contributed by atoms with Crippen molar-refractivity contribution in [3.05, 3.63) is 35.4 Å². The van der Waals surface area contributed by atoms with Crippen LogP contribution in [0.1, 0.15) is 58.1 Å². The highest BCUT2D eigenvalue weighted by Gasteiger charge is 2.41. The van der Waals surface area contributed by atoms with Crippen molar-refractivity contribution in [1.29, 1.82) is 0 Å². The summed E-state index contributed by atoms with van der Waals surface area (Å²) in [6.07, 6.45) is 3.81. The van der Waals surface area contributed by atoms with Gasteiger partial charge in [-0.1, -0.05) is 24.3 Å². The summed E-state index contributed by atoms with van der Waals surface area (Å²) in [6, 6.07) is 8.55. The van der Waals surface area contributed by atoms with Crippen molar-refractivity contribution < 1.29 is 14.3 Å². The predicted octanol–water partition coefficient (Wildman–Crippen LogP) is 4.05. The maximum absolute atomic E-state index is 12.1. The average Bonchev–Trinajstić information content (AvgIpc) is 3.29. The van der Waals surface area contributed by atoms with Gasteiger partial charge in [-0.2, -0.15) is 0 Å². The number of ether oxygens (including phenoxy) is 2. The van der Waals surface area contributed by atoms with Crippen molar-refractivity contribution in [2.75, 3.05) is 13.6 Å². The molecule has 2 aliphatic rings. The smallest absolute Gasteiger partial charge is 0.410 e. The molecule has 1 amide bonds. The quantitative estimate of drug-likeness (QED) is 0.321. The highest BCUT2D eigenvalue weighted by molar-refractivity contribution is 14.0. The molecule has 3 atom stereocenters. The maximum atomic E-state index is 12.1. The predicted molar refractivity (Wildman–Crippen MR) is 134 cm³/mol. The Labute approximate surface area is 203 Å². The van der Waals surface area contributed by atoms with Gasteiger partial charge in [-0.15, -0.1) is 24.0 Å². The molecule has 0 spiro atoms. The van der Waals surface area contributed by atoms with Gasteiger partial charge < -0.3 is 25.0 Å². The second-order valence-corrected chi connectivity index (χ2v) is 9.21. The SMILES string of the molecule is CCNC(=NCc1ccc(CN(C)C(=O)OC(C)(C)C)cc1)NC1CC2CCC1O2.I. The van der Waals surface area contributed by atoms with E-state index in [0.29, 0.717) is 31.3 Å². The van der Waals surface area contributed by atoms with Crippen LogP contribution in [0.5, 0.6) is 0 Å². The molecular formula is C23H37IN4O3. The van der Waals surface area contributed by atoms with E-state index in [1.165, 1.54) is 6.42 Å². The fraction of sp³-hybridized carbons (Fsp3) is 0.652. The second kappa shape index (κ2) is 11.4. The van der Waals surface area contributed by atoms with E-state index in [0.717, 1.165) is 36.5 Å². The van der Waals surface area contributed by atoms with Gasteiger partial charge in [0.25, 0.3) is 0 Å². The van der Waals surface area contributed by atoms with Crippen LogP contribution in [0.2, 0.25) is 0 Å².